The fraction of sp³-hybridized carbons (Fsp3) is 0.706. The van der Waals surface area contributed by atoms with E-state index in [-0.39, 0.29) is 12.2 Å². The van der Waals surface area contributed by atoms with Crippen LogP contribution in [0.3, 0.4) is 0 Å². The van der Waals surface area contributed by atoms with E-state index in [1.54, 1.807) is 11.3 Å². The van der Waals surface area contributed by atoms with Crippen LogP contribution in [0.2, 0.25) is 0 Å². The summed E-state index contributed by atoms with van der Waals surface area (Å²) in [6.45, 7) is 7.53. The summed E-state index contributed by atoms with van der Waals surface area (Å²) >= 11 is 1.74. The first-order valence-corrected chi connectivity index (χ1v) is 9.09. The summed E-state index contributed by atoms with van der Waals surface area (Å²) in [5.41, 5.74) is 0. The van der Waals surface area contributed by atoms with Crippen LogP contribution in [-0.4, -0.2) is 23.4 Å². The number of carbonyl (C=O) groups excluding carboxylic acids is 1. The molecule has 4 unspecified atom stereocenters. The highest BCUT2D eigenvalue weighted by molar-refractivity contribution is 7.10. The highest BCUT2D eigenvalue weighted by Gasteiger charge is 2.43. The third-order valence-corrected chi connectivity index (χ3v) is 6.06. The van der Waals surface area contributed by atoms with E-state index in [1.807, 2.05) is 0 Å². The van der Waals surface area contributed by atoms with Crippen LogP contribution in [0.5, 0.6) is 0 Å². The number of amides is 1. The molecule has 0 radical (unpaired) electrons. The number of nitrogens with one attached hydrogen (secondary N) is 1. The first-order chi connectivity index (χ1) is 10.1. The molecular weight excluding hydrogens is 280 g/mol. The van der Waals surface area contributed by atoms with Gasteiger partial charge in [-0.25, -0.2) is 0 Å². The predicted molar refractivity (Wildman–Crippen MR) is 87.0 cm³/mol. The van der Waals surface area contributed by atoms with Crippen molar-refractivity contribution in [3.63, 3.8) is 0 Å². The van der Waals surface area contributed by atoms with Crippen molar-refractivity contribution in [2.24, 2.45) is 17.8 Å². The Morgan fingerprint density at radius 1 is 1.38 bits per heavy atom. The van der Waals surface area contributed by atoms with Gasteiger partial charge in [0.1, 0.15) is 6.17 Å². The van der Waals surface area contributed by atoms with Crippen molar-refractivity contribution in [1.29, 1.82) is 0 Å². The number of thiophene rings is 1. The topological polar surface area (TPSA) is 32.3 Å². The van der Waals surface area contributed by atoms with Crippen molar-refractivity contribution < 1.29 is 4.79 Å². The zero-order valence-corrected chi connectivity index (χ0v) is 14.0. The van der Waals surface area contributed by atoms with Crippen molar-refractivity contribution in [3.8, 4) is 0 Å². The van der Waals surface area contributed by atoms with Gasteiger partial charge in [-0.2, -0.15) is 0 Å². The lowest BCUT2D eigenvalue weighted by atomic mass is 9.99. The molecule has 21 heavy (non-hydrogen) atoms. The molecule has 0 spiro atoms. The van der Waals surface area contributed by atoms with Crippen molar-refractivity contribution in [2.45, 2.75) is 52.2 Å². The zero-order chi connectivity index (χ0) is 15.0. The second-order valence-electron chi connectivity index (χ2n) is 6.75. The zero-order valence-electron chi connectivity index (χ0n) is 13.2. The number of hydrogen-bond acceptors (Lipinski definition) is 3. The molecule has 1 aliphatic carbocycles. The van der Waals surface area contributed by atoms with Gasteiger partial charge in [0.2, 0.25) is 5.91 Å². The summed E-state index contributed by atoms with van der Waals surface area (Å²) in [4.78, 5) is 16.2. The van der Waals surface area contributed by atoms with E-state index in [1.165, 1.54) is 17.7 Å². The van der Waals surface area contributed by atoms with E-state index < -0.39 is 0 Å². The lowest BCUT2D eigenvalue weighted by Crippen LogP contribution is -2.37. The molecule has 1 aromatic heterocycles. The van der Waals surface area contributed by atoms with Crippen molar-refractivity contribution in [3.05, 3.63) is 22.4 Å². The van der Waals surface area contributed by atoms with E-state index in [0.717, 1.165) is 18.9 Å². The Morgan fingerprint density at radius 3 is 2.71 bits per heavy atom. The lowest BCUT2D eigenvalue weighted by molar-refractivity contribution is -0.131. The van der Waals surface area contributed by atoms with Gasteiger partial charge < -0.3 is 4.90 Å². The van der Waals surface area contributed by atoms with Gasteiger partial charge in [-0.3, -0.25) is 10.1 Å². The Kier molecular flexibility index (Phi) is 4.36. The van der Waals surface area contributed by atoms with Gasteiger partial charge in [0.15, 0.2) is 0 Å². The Labute approximate surface area is 131 Å². The molecular formula is C17H26N2OS. The molecule has 0 bridgehead atoms. The monoisotopic (exact) mass is 306 g/mol. The Morgan fingerprint density at radius 2 is 2.14 bits per heavy atom. The molecule has 3 nitrogen and oxygen atoms in total. The second-order valence-corrected chi connectivity index (χ2v) is 7.73. The molecule has 0 aromatic carbocycles. The van der Waals surface area contributed by atoms with Crippen molar-refractivity contribution >= 4 is 17.2 Å². The maximum absolute atomic E-state index is 12.9. The van der Waals surface area contributed by atoms with Crippen LogP contribution in [0.1, 0.15) is 51.1 Å². The summed E-state index contributed by atoms with van der Waals surface area (Å²) in [7, 11) is 0. The van der Waals surface area contributed by atoms with Gasteiger partial charge in [0, 0.05) is 11.4 Å². The first kappa shape index (κ1) is 15.0. The number of hydrogen-bond donors (Lipinski definition) is 1. The molecule has 116 valence electrons. The Bertz CT molecular complexity index is 483. The van der Waals surface area contributed by atoms with E-state index in [2.05, 4.69) is 48.5 Å². The largest absolute Gasteiger partial charge is 0.320 e. The molecule has 2 aliphatic rings. The SMILES string of the molecule is CCC(C)C1NC(c2cccs2)N(CC(C)C2CC2)C1=O. The molecule has 2 fully saturated rings. The minimum absolute atomic E-state index is 0.0199. The molecule has 4 heteroatoms. The molecule has 1 aromatic rings. The summed E-state index contributed by atoms with van der Waals surface area (Å²) in [6.07, 6.45) is 3.80. The van der Waals surface area contributed by atoms with Crippen LogP contribution < -0.4 is 5.32 Å². The van der Waals surface area contributed by atoms with E-state index >= 15 is 0 Å². The van der Waals surface area contributed by atoms with E-state index in [0.29, 0.717) is 17.7 Å². The molecule has 1 saturated carbocycles. The highest BCUT2D eigenvalue weighted by Crippen LogP contribution is 2.39. The molecule has 1 amide bonds. The average Bonchev–Trinajstić information content (AvgIpc) is 3.11. The summed E-state index contributed by atoms with van der Waals surface area (Å²) in [5.74, 6) is 2.15. The molecule has 4 atom stereocenters. The fourth-order valence-electron chi connectivity index (χ4n) is 3.28. The highest BCUT2D eigenvalue weighted by atomic mass is 32.1. The maximum Gasteiger partial charge on any atom is 0.241 e. The van der Waals surface area contributed by atoms with E-state index in [4.69, 9.17) is 0 Å². The fourth-order valence-corrected chi connectivity index (χ4v) is 4.08. The standard InChI is InChI=1S/C17H26N2OS/c1-4-11(2)15-17(20)19(10-12(3)13-7-8-13)16(18-15)14-6-5-9-21-14/h5-6,9,11-13,15-16,18H,4,7-8,10H2,1-3H3. The van der Waals surface area contributed by atoms with Crippen LogP contribution >= 0.6 is 11.3 Å². The third-order valence-electron chi connectivity index (χ3n) is 5.14. The molecule has 1 saturated heterocycles. The van der Waals surface area contributed by atoms with Crippen LogP contribution in [0.25, 0.3) is 0 Å². The van der Waals surface area contributed by atoms with Gasteiger partial charge in [-0.05, 0) is 42.0 Å². The molecule has 1 aliphatic heterocycles. The van der Waals surface area contributed by atoms with Crippen LogP contribution in [0.15, 0.2) is 17.5 Å². The molecule has 3 rings (SSSR count). The number of carbonyl (C=O) groups is 1. The smallest absolute Gasteiger partial charge is 0.241 e. The minimum Gasteiger partial charge on any atom is -0.320 e. The van der Waals surface area contributed by atoms with Crippen LogP contribution in [0, 0.1) is 17.8 Å². The summed E-state index contributed by atoms with van der Waals surface area (Å²) in [5, 5.41) is 5.69. The summed E-state index contributed by atoms with van der Waals surface area (Å²) < 4.78 is 0. The second kappa shape index (κ2) is 6.09. The van der Waals surface area contributed by atoms with Crippen molar-refractivity contribution in [1.82, 2.24) is 10.2 Å². The van der Waals surface area contributed by atoms with Crippen LogP contribution in [0.4, 0.5) is 0 Å². The first-order valence-electron chi connectivity index (χ1n) is 8.21. The summed E-state index contributed by atoms with van der Waals surface area (Å²) in [6, 6.07) is 4.20. The quantitative estimate of drug-likeness (QED) is 0.870. The number of rotatable bonds is 6. The maximum atomic E-state index is 12.9. The Balaban J connectivity index is 1.79. The average molecular weight is 306 g/mol. The van der Waals surface area contributed by atoms with E-state index in [9.17, 15) is 4.79 Å². The Hall–Kier alpha value is -0.870. The minimum atomic E-state index is -0.0199. The van der Waals surface area contributed by atoms with Gasteiger partial charge in [-0.15, -0.1) is 11.3 Å². The van der Waals surface area contributed by atoms with Gasteiger partial charge in [-0.1, -0.05) is 33.3 Å². The van der Waals surface area contributed by atoms with Crippen LogP contribution in [-0.2, 0) is 4.79 Å². The molecule has 2 heterocycles. The lowest BCUT2D eigenvalue weighted by Gasteiger charge is -2.26. The number of nitrogens with zero attached hydrogens (tertiary/aromatic N) is 1. The molecule has 1 N–H and O–H groups in total. The predicted octanol–water partition coefficient (Wildman–Crippen LogP) is 3.64. The third kappa shape index (κ3) is 3.02. The normalized spacial score (nSPS) is 28.9. The van der Waals surface area contributed by atoms with Gasteiger partial charge >= 0.3 is 0 Å². The van der Waals surface area contributed by atoms with Gasteiger partial charge in [0.25, 0.3) is 0 Å². The van der Waals surface area contributed by atoms with Gasteiger partial charge in [0.05, 0.1) is 6.04 Å². The van der Waals surface area contributed by atoms with Crippen molar-refractivity contribution in [2.75, 3.05) is 6.54 Å².